The SMILES string of the molecule is CC1CN(CCC(=O)Nc2ccc3oc(=O)ccc3c2)C(C)CN1. The van der Waals surface area contributed by atoms with Gasteiger partial charge >= 0.3 is 5.63 Å². The summed E-state index contributed by atoms with van der Waals surface area (Å²) in [5.41, 5.74) is 0.853. The average Bonchev–Trinajstić information content (AvgIpc) is 2.56. The van der Waals surface area contributed by atoms with Crippen molar-refractivity contribution in [1.29, 1.82) is 0 Å². The third kappa shape index (κ3) is 4.01. The monoisotopic (exact) mass is 329 g/mol. The Balaban J connectivity index is 1.58. The van der Waals surface area contributed by atoms with Crippen molar-refractivity contribution >= 4 is 22.6 Å². The third-order valence-electron chi connectivity index (χ3n) is 4.42. The van der Waals surface area contributed by atoms with Gasteiger partial charge in [0.1, 0.15) is 5.58 Å². The fraction of sp³-hybridized carbons (Fsp3) is 0.444. The molecule has 24 heavy (non-hydrogen) atoms. The van der Waals surface area contributed by atoms with E-state index < -0.39 is 0 Å². The number of fused-ring (bicyclic) bond motifs is 1. The van der Waals surface area contributed by atoms with Crippen LogP contribution in [-0.2, 0) is 4.79 Å². The minimum atomic E-state index is -0.376. The first-order chi connectivity index (χ1) is 11.5. The quantitative estimate of drug-likeness (QED) is 0.837. The van der Waals surface area contributed by atoms with Gasteiger partial charge < -0.3 is 15.1 Å². The Bertz CT molecular complexity index is 786. The van der Waals surface area contributed by atoms with Crippen LogP contribution in [0.15, 0.2) is 39.5 Å². The van der Waals surface area contributed by atoms with Crippen LogP contribution in [0.2, 0.25) is 0 Å². The number of hydrogen-bond donors (Lipinski definition) is 2. The number of rotatable bonds is 4. The number of hydrogen-bond acceptors (Lipinski definition) is 5. The van der Waals surface area contributed by atoms with E-state index >= 15 is 0 Å². The van der Waals surface area contributed by atoms with Crippen LogP contribution in [0.4, 0.5) is 5.69 Å². The fourth-order valence-electron chi connectivity index (χ4n) is 3.03. The number of amides is 1. The van der Waals surface area contributed by atoms with Crippen LogP contribution >= 0.6 is 0 Å². The molecule has 1 aliphatic heterocycles. The van der Waals surface area contributed by atoms with Gasteiger partial charge in [-0.25, -0.2) is 4.79 Å². The lowest BCUT2D eigenvalue weighted by molar-refractivity contribution is -0.116. The van der Waals surface area contributed by atoms with Gasteiger partial charge in [0, 0.05) is 55.3 Å². The van der Waals surface area contributed by atoms with Crippen molar-refractivity contribution in [2.75, 3.05) is 25.0 Å². The van der Waals surface area contributed by atoms with Crippen LogP contribution in [0.1, 0.15) is 20.3 Å². The summed E-state index contributed by atoms with van der Waals surface area (Å²) in [6.07, 6.45) is 0.457. The fourth-order valence-corrected chi connectivity index (χ4v) is 3.03. The Kier molecular flexibility index (Phi) is 4.97. The zero-order valence-corrected chi connectivity index (χ0v) is 14.0. The van der Waals surface area contributed by atoms with Crippen molar-refractivity contribution in [3.05, 3.63) is 40.8 Å². The molecule has 0 saturated carbocycles. The maximum absolute atomic E-state index is 12.2. The van der Waals surface area contributed by atoms with Crippen molar-refractivity contribution in [3.63, 3.8) is 0 Å². The predicted octanol–water partition coefficient (Wildman–Crippen LogP) is 1.80. The molecule has 0 aliphatic carbocycles. The van der Waals surface area contributed by atoms with Gasteiger partial charge in [0.15, 0.2) is 0 Å². The second kappa shape index (κ2) is 7.15. The number of carbonyl (C=O) groups excluding carboxylic acids is 1. The van der Waals surface area contributed by atoms with E-state index in [0.717, 1.165) is 25.0 Å². The number of anilines is 1. The van der Waals surface area contributed by atoms with Crippen molar-refractivity contribution < 1.29 is 9.21 Å². The molecular formula is C18H23N3O3. The molecule has 1 aromatic carbocycles. The predicted molar refractivity (Wildman–Crippen MR) is 94.2 cm³/mol. The summed E-state index contributed by atoms with van der Waals surface area (Å²) in [4.78, 5) is 25.7. The maximum Gasteiger partial charge on any atom is 0.336 e. The summed E-state index contributed by atoms with van der Waals surface area (Å²) in [6.45, 7) is 7.00. The Morgan fingerprint density at radius 1 is 1.33 bits per heavy atom. The lowest BCUT2D eigenvalue weighted by Gasteiger charge is -2.37. The van der Waals surface area contributed by atoms with Crippen molar-refractivity contribution in [3.8, 4) is 0 Å². The third-order valence-corrected chi connectivity index (χ3v) is 4.42. The molecule has 0 bridgehead atoms. The van der Waals surface area contributed by atoms with E-state index in [1.165, 1.54) is 6.07 Å². The Labute approximate surface area is 140 Å². The van der Waals surface area contributed by atoms with Gasteiger partial charge in [-0.2, -0.15) is 0 Å². The summed E-state index contributed by atoms with van der Waals surface area (Å²) in [5.74, 6) is -0.00915. The van der Waals surface area contributed by atoms with Gasteiger partial charge in [-0.3, -0.25) is 9.69 Å². The molecule has 6 heteroatoms. The minimum absolute atomic E-state index is 0.00915. The van der Waals surface area contributed by atoms with Crippen LogP contribution in [0.25, 0.3) is 11.0 Å². The number of benzene rings is 1. The van der Waals surface area contributed by atoms with E-state index in [-0.39, 0.29) is 11.5 Å². The molecule has 1 amide bonds. The van der Waals surface area contributed by atoms with E-state index in [0.29, 0.717) is 29.8 Å². The summed E-state index contributed by atoms with van der Waals surface area (Å²) in [6, 6.07) is 9.23. The molecular weight excluding hydrogens is 306 g/mol. The highest BCUT2D eigenvalue weighted by Crippen LogP contribution is 2.18. The second-order valence-electron chi connectivity index (χ2n) is 6.46. The number of piperazine rings is 1. The molecule has 2 atom stereocenters. The molecule has 3 rings (SSSR count). The first-order valence-electron chi connectivity index (χ1n) is 8.32. The zero-order valence-electron chi connectivity index (χ0n) is 14.0. The van der Waals surface area contributed by atoms with E-state index in [9.17, 15) is 9.59 Å². The van der Waals surface area contributed by atoms with Gasteiger partial charge in [0.05, 0.1) is 0 Å². The van der Waals surface area contributed by atoms with Crippen LogP contribution < -0.4 is 16.3 Å². The second-order valence-corrected chi connectivity index (χ2v) is 6.46. The van der Waals surface area contributed by atoms with E-state index in [1.807, 2.05) is 6.07 Å². The summed E-state index contributed by atoms with van der Waals surface area (Å²) >= 11 is 0. The molecule has 2 N–H and O–H groups in total. The van der Waals surface area contributed by atoms with E-state index in [1.54, 1.807) is 18.2 Å². The molecule has 1 saturated heterocycles. The molecule has 1 aliphatic rings. The zero-order chi connectivity index (χ0) is 17.1. The molecule has 1 aromatic heterocycles. The maximum atomic E-state index is 12.2. The van der Waals surface area contributed by atoms with Gasteiger partial charge in [-0.15, -0.1) is 0 Å². The van der Waals surface area contributed by atoms with Crippen LogP contribution in [0.5, 0.6) is 0 Å². The van der Waals surface area contributed by atoms with Crippen LogP contribution in [0, 0.1) is 0 Å². The number of nitrogens with zero attached hydrogens (tertiary/aromatic N) is 1. The summed E-state index contributed by atoms with van der Waals surface area (Å²) < 4.78 is 5.09. The molecule has 0 radical (unpaired) electrons. The van der Waals surface area contributed by atoms with Crippen LogP contribution in [0.3, 0.4) is 0 Å². The lowest BCUT2D eigenvalue weighted by atomic mass is 10.1. The first-order valence-corrected chi connectivity index (χ1v) is 8.32. The lowest BCUT2D eigenvalue weighted by Crippen LogP contribution is -2.54. The Morgan fingerprint density at radius 2 is 2.17 bits per heavy atom. The van der Waals surface area contributed by atoms with Gasteiger partial charge in [0.25, 0.3) is 0 Å². The smallest absolute Gasteiger partial charge is 0.336 e. The largest absolute Gasteiger partial charge is 0.423 e. The van der Waals surface area contributed by atoms with Crippen molar-refractivity contribution in [2.24, 2.45) is 0 Å². The number of carbonyl (C=O) groups is 1. The Morgan fingerprint density at radius 3 is 3.00 bits per heavy atom. The molecule has 2 unspecified atom stereocenters. The molecule has 2 heterocycles. The summed E-state index contributed by atoms with van der Waals surface area (Å²) in [5, 5.41) is 7.14. The summed E-state index contributed by atoms with van der Waals surface area (Å²) in [7, 11) is 0. The highest BCUT2D eigenvalue weighted by Gasteiger charge is 2.22. The molecule has 6 nitrogen and oxygen atoms in total. The molecule has 128 valence electrons. The van der Waals surface area contributed by atoms with Crippen molar-refractivity contribution in [1.82, 2.24) is 10.2 Å². The van der Waals surface area contributed by atoms with Gasteiger partial charge in [-0.1, -0.05) is 0 Å². The molecule has 1 fully saturated rings. The van der Waals surface area contributed by atoms with Gasteiger partial charge in [0.2, 0.25) is 5.91 Å². The normalized spacial score (nSPS) is 21.8. The number of nitrogens with one attached hydrogen (secondary N) is 2. The van der Waals surface area contributed by atoms with E-state index in [4.69, 9.17) is 4.42 Å². The Hall–Kier alpha value is -2.18. The highest BCUT2D eigenvalue weighted by atomic mass is 16.4. The molecule has 2 aromatic rings. The van der Waals surface area contributed by atoms with Crippen molar-refractivity contribution in [2.45, 2.75) is 32.4 Å². The minimum Gasteiger partial charge on any atom is -0.423 e. The standard InChI is InChI=1S/C18H23N3O3/c1-12-11-21(13(2)10-19-12)8-7-17(22)20-15-4-5-16-14(9-15)3-6-18(23)24-16/h3-6,9,12-13,19H,7-8,10-11H2,1-2H3,(H,20,22). The van der Waals surface area contributed by atoms with Gasteiger partial charge in [-0.05, 0) is 38.1 Å². The van der Waals surface area contributed by atoms with Crippen LogP contribution in [-0.4, -0.2) is 42.5 Å². The molecule has 0 spiro atoms. The average molecular weight is 329 g/mol. The topological polar surface area (TPSA) is 74.6 Å². The van der Waals surface area contributed by atoms with E-state index in [2.05, 4.69) is 29.4 Å². The first kappa shape index (κ1) is 16.7. The highest BCUT2D eigenvalue weighted by molar-refractivity contribution is 5.93.